The number of hydrogen-bond acceptors (Lipinski definition) is 8. The lowest BCUT2D eigenvalue weighted by Gasteiger charge is -2.35. The van der Waals surface area contributed by atoms with Crippen LogP contribution in [0, 0.1) is 49.2 Å². The number of rotatable bonds is 14. The van der Waals surface area contributed by atoms with E-state index in [0.717, 1.165) is 78.9 Å². The van der Waals surface area contributed by atoms with Crippen LogP contribution in [0.1, 0.15) is 43.0 Å². The summed E-state index contributed by atoms with van der Waals surface area (Å²) >= 11 is 0. The molecule has 0 radical (unpaired) electrons. The molecule has 0 aromatic heterocycles. The summed E-state index contributed by atoms with van der Waals surface area (Å²) in [5.74, 6) is 12.1. The molecule has 0 saturated heterocycles. The van der Waals surface area contributed by atoms with Crippen molar-refractivity contribution in [3.63, 3.8) is 0 Å². The van der Waals surface area contributed by atoms with Crippen molar-refractivity contribution in [1.82, 2.24) is 0 Å². The highest BCUT2D eigenvalue weighted by Gasteiger charge is 2.30. The quantitative estimate of drug-likeness (QED) is 0.101. The van der Waals surface area contributed by atoms with Gasteiger partial charge in [0.05, 0.1) is 18.0 Å². The van der Waals surface area contributed by atoms with Gasteiger partial charge in [-0.15, -0.1) is 19.3 Å². The first kappa shape index (κ1) is 41.0. The van der Waals surface area contributed by atoms with Gasteiger partial charge in [-0.1, -0.05) is 74.1 Å². The van der Waals surface area contributed by atoms with E-state index < -0.39 is 5.41 Å². The highest BCUT2D eigenvalue weighted by atomic mass is 16.5. The molecule has 0 fully saturated rings. The summed E-state index contributed by atoms with van der Waals surface area (Å²) in [5.41, 5.74) is 9.73. The molecule has 8 rings (SSSR count). The average Bonchev–Trinajstić information content (AvgIpc) is 3.31. The molecule has 2 heterocycles. The summed E-state index contributed by atoms with van der Waals surface area (Å²) in [4.78, 5) is 4.40. The maximum atomic E-state index is 6.35. The van der Waals surface area contributed by atoms with Crippen molar-refractivity contribution in [1.29, 1.82) is 0 Å². The average molecular weight is 819 g/mol. The predicted molar refractivity (Wildman–Crippen MR) is 244 cm³/mol. The minimum atomic E-state index is -0.444. The molecular formula is C54H46N2O6. The van der Waals surface area contributed by atoms with Gasteiger partial charge in [-0.3, -0.25) is 0 Å². The summed E-state index contributed by atoms with van der Waals surface area (Å²) in [6.07, 6.45) is 16.4. The number of ether oxygens (including phenoxy) is 6. The third-order valence-corrected chi connectivity index (χ3v) is 11.1. The third-order valence-electron chi connectivity index (χ3n) is 11.1. The Labute approximate surface area is 364 Å². The summed E-state index contributed by atoms with van der Waals surface area (Å²) in [5, 5.41) is 0. The van der Waals surface area contributed by atoms with Crippen LogP contribution in [0.5, 0.6) is 34.5 Å². The van der Waals surface area contributed by atoms with Crippen LogP contribution in [0.2, 0.25) is 0 Å². The summed E-state index contributed by atoms with van der Waals surface area (Å²) in [6, 6.07) is 43.2. The van der Waals surface area contributed by atoms with Crippen LogP contribution in [0.25, 0.3) is 22.3 Å². The van der Waals surface area contributed by atoms with Crippen molar-refractivity contribution in [3.8, 4) is 93.8 Å². The molecular weight excluding hydrogens is 773 g/mol. The molecule has 0 saturated carbocycles. The molecule has 2 aliphatic heterocycles. The predicted octanol–water partition coefficient (Wildman–Crippen LogP) is 10.1. The molecule has 0 unspecified atom stereocenters. The van der Waals surface area contributed by atoms with Gasteiger partial charge < -0.3 is 38.2 Å². The van der Waals surface area contributed by atoms with Crippen molar-refractivity contribution in [2.75, 3.05) is 49.7 Å². The van der Waals surface area contributed by atoms with Gasteiger partial charge in [-0.25, -0.2) is 0 Å². The monoisotopic (exact) mass is 818 g/mol. The van der Waals surface area contributed by atoms with Crippen molar-refractivity contribution >= 4 is 11.4 Å². The number of terminal acetylenes is 3. The van der Waals surface area contributed by atoms with Crippen LogP contribution in [0.3, 0.4) is 0 Å². The van der Waals surface area contributed by atoms with E-state index >= 15 is 0 Å². The molecule has 6 aromatic rings. The lowest BCUT2D eigenvalue weighted by molar-refractivity contribution is 0.284. The SMILES string of the molecule is C#CCOc1c#cc(-c2ccc3c(c2)CN(c2cc(C(C)(C)c4ccc(OCC#C)c(N5COc6ccc(-c7ccc(OCC#C)cc7)cc6C5)c4)ccc2OCC)CO3)cc1. The van der Waals surface area contributed by atoms with Crippen LogP contribution in [-0.4, -0.2) is 39.9 Å². The first-order chi connectivity index (χ1) is 30.3. The minimum absolute atomic E-state index is 0.141. The van der Waals surface area contributed by atoms with Gasteiger partial charge in [0.25, 0.3) is 0 Å². The summed E-state index contributed by atoms with van der Waals surface area (Å²) < 4.78 is 36.2. The fourth-order valence-electron chi connectivity index (χ4n) is 7.75. The molecule has 0 N–H and O–H groups in total. The van der Waals surface area contributed by atoms with Crippen LogP contribution < -0.4 is 38.2 Å². The Morgan fingerprint density at radius 3 is 1.71 bits per heavy atom. The van der Waals surface area contributed by atoms with Crippen LogP contribution >= 0.6 is 0 Å². The smallest absolute Gasteiger partial charge is 0.171 e. The van der Waals surface area contributed by atoms with E-state index in [1.54, 1.807) is 0 Å². The fraction of sp³-hybridized carbons (Fsp3) is 0.222. The number of fused-ring (bicyclic) bond motifs is 2. The van der Waals surface area contributed by atoms with E-state index in [9.17, 15) is 0 Å². The fourth-order valence-corrected chi connectivity index (χ4v) is 7.75. The zero-order valence-electron chi connectivity index (χ0n) is 35.1. The van der Waals surface area contributed by atoms with Crippen LogP contribution in [-0.2, 0) is 18.5 Å². The van der Waals surface area contributed by atoms with Crippen molar-refractivity contribution in [3.05, 3.63) is 144 Å². The largest absolute Gasteiger partial charge is 0.492 e. The number of benzene rings is 5. The van der Waals surface area contributed by atoms with Gasteiger partial charge in [0, 0.05) is 35.2 Å². The maximum absolute atomic E-state index is 6.35. The lowest BCUT2D eigenvalue weighted by Crippen LogP contribution is -2.33. The topological polar surface area (TPSA) is 61.9 Å². The van der Waals surface area contributed by atoms with Crippen molar-refractivity contribution in [2.24, 2.45) is 0 Å². The zero-order chi connectivity index (χ0) is 43.1. The van der Waals surface area contributed by atoms with Gasteiger partial charge in [-0.2, -0.15) is 0 Å². The highest BCUT2D eigenvalue weighted by Crippen LogP contribution is 2.44. The van der Waals surface area contributed by atoms with E-state index in [1.807, 2.05) is 67.6 Å². The molecule has 0 atom stereocenters. The van der Waals surface area contributed by atoms with Gasteiger partial charge in [0.15, 0.2) is 19.2 Å². The van der Waals surface area contributed by atoms with Crippen LogP contribution in [0.4, 0.5) is 11.4 Å². The number of nitrogens with zero attached hydrogens (tertiary/aromatic N) is 2. The zero-order valence-corrected chi connectivity index (χ0v) is 35.1. The first-order valence-electron chi connectivity index (χ1n) is 20.4. The van der Waals surface area contributed by atoms with Crippen molar-refractivity contribution < 1.29 is 28.4 Å². The Morgan fingerprint density at radius 1 is 0.581 bits per heavy atom. The Hall–Kier alpha value is -7.78. The van der Waals surface area contributed by atoms with E-state index in [0.29, 0.717) is 44.7 Å². The normalized spacial score (nSPS) is 12.8. The van der Waals surface area contributed by atoms with E-state index in [-0.39, 0.29) is 19.8 Å². The molecule has 0 aliphatic carbocycles. The standard InChI is InChI=1S/C54H46N2O6/c1-7-27-58-46-19-11-38(12-20-46)40-15-23-50-42(30-40)34-55(36-61-50)48-32-44(17-25-52(48)57-10-4)54(5,6)45-18-26-53(60-29-9-3)49(33-45)56-35-43-31-41(16-24-51(43)62-37-56)39-13-21-47(22-14-39)59-28-8-2/h1-3,11,13-19,21-26,30-33H,10,27-29,34-37H2,4-6H3. The Balaban J connectivity index is 1.07. The third kappa shape index (κ3) is 8.74. The Morgan fingerprint density at radius 2 is 1.13 bits per heavy atom. The molecule has 8 nitrogen and oxygen atoms in total. The van der Waals surface area contributed by atoms with E-state index in [2.05, 4.69) is 102 Å². The second-order valence-corrected chi connectivity index (χ2v) is 15.4. The summed E-state index contributed by atoms with van der Waals surface area (Å²) in [7, 11) is 0. The number of anilines is 2. The van der Waals surface area contributed by atoms with Gasteiger partial charge >= 0.3 is 0 Å². The summed E-state index contributed by atoms with van der Waals surface area (Å²) in [6.45, 7) is 9.48. The first-order valence-corrected chi connectivity index (χ1v) is 20.4. The lowest BCUT2D eigenvalue weighted by atomic mass is 9.77. The number of hydrogen-bond donors (Lipinski definition) is 0. The molecule has 0 spiro atoms. The maximum Gasteiger partial charge on any atom is 0.171 e. The van der Waals surface area contributed by atoms with Gasteiger partial charge in [0.1, 0.15) is 48.6 Å². The Kier molecular flexibility index (Phi) is 12.0. The molecule has 308 valence electrons. The molecule has 6 aromatic carbocycles. The molecule has 8 heteroatoms. The Bertz CT molecular complexity index is 2680. The molecule has 0 bridgehead atoms. The highest BCUT2D eigenvalue weighted by molar-refractivity contribution is 5.70. The minimum Gasteiger partial charge on any atom is -0.492 e. The second-order valence-electron chi connectivity index (χ2n) is 15.4. The van der Waals surface area contributed by atoms with Crippen LogP contribution in [0.15, 0.2) is 109 Å². The van der Waals surface area contributed by atoms with Gasteiger partial charge in [-0.05, 0) is 114 Å². The second kappa shape index (κ2) is 18.2. The molecule has 2 aliphatic rings. The molecule has 0 amide bonds. The van der Waals surface area contributed by atoms with E-state index in [1.165, 1.54) is 0 Å². The van der Waals surface area contributed by atoms with Crippen molar-refractivity contribution in [2.45, 2.75) is 39.3 Å². The molecule has 62 heavy (non-hydrogen) atoms. The van der Waals surface area contributed by atoms with E-state index in [4.69, 9.17) is 47.7 Å². The van der Waals surface area contributed by atoms with Gasteiger partial charge in [0.2, 0.25) is 0 Å².